The van der Waals surface area contributed by atoms with Crippen LogP contribution in [0.25, 0.3) is 0 Å². The summed E-state index contributed by atoms with van der Waals surface area (Å²) in [6.45, 7) is 3.05. The zero-order valence-corrected chi connectivity index (χ0v) is 7.25. The summed E-state index contributed by atoms with van der Waals surface area (Å²) in [5.41, 5.74) is 0.927. The van der Waals surface area contributed by atoms with Crippen molar-refractivity contribution in [3.63, 3.8) is 0 Å². The molecule has 0 unspecified atom stereocenters. The van der Waals surface area contributed by atoms with E-state index in [-0.39, 0.29) is 6.61 Å². The summed E-state index contributed by atoms with van der Waals surface area (Å²) in [6.07, 6.45) is 0.624. The van der Waals surface area contributed by atoms with Gasteiger partial charge in [-0.15, -0.1) is 0 Å². The molecule has 0 aliphatic carbocycles. The summed E-state index contributed by atoms with van der Waals surface area (Å²) in [4.78, 5) is 4.28. The fourth-order valence-corrected chi connectivity index (χ4v) is 1.01. The summed E-state index contributed by atoms with van der Waals surface area (Å²) >= 11 is 0. The molecule has 0 radical (unpaired) electrons. The maximum Gasteiger partial charge on any atom is 0.126 e. The lowest BCUT2D eigenvalue weighted by atomic mass is 10.3. The molecule has 12 heavy (non-hydrogen) atoms. The number of pyridine rings is 1. The van der Waals surface area contributed by atoms with Gasteiger partial charge in [0.25, 0.3) is 0 Å². The van der Waals surface area contributed by atoms with E-state index in [2.05, 4.69) is 10.3 Å². The highest BCUT2D eigenvalue weighted by atomic mass is 16.3. The molecule has 0 saturated heterocycles. The van der Waals surface area contributed by atoms with Crippen LogP contribution in [-0.2, 0) is 6.42 Å². The number of aliphatic hydroxyl groups excluding tert-OH is 1. The molecule has 0 bridgehead atoms. The minimum atomic E-state index is 0.155. The highest BCUT2D eigenvalue weighted by Gasteiger charge is 1.94. The standard InChI is InChI=1S/C9H14N2O/c1-2-10-9-5-3-4-8(11-9)6-7-12/h3-5,12H,2,6-7H2,1H3,(H,10,11). The molecule has 0 saturated carbocycles. The second-order valence-corrected chi connectivity index (χ2v) is 2.52. The Kier molecular flexibility index (Phi) is 3.54. The molecule has 0 fully saturated rings. The molecular weight excluding hydrogens is 152 g/mol. The number of aliphatic hydroxyl groups is 1. The lowest BCUT2D eigenvalue weighted by Crippen LogP contribution is -2.01. The Hall–Kier alpha value is -1.09. The summed E-state index contributed by atoms with van der Waals surface area (Å²) in [7, 11) is 0. The van der Waals surface area contributed by atoms with E-state index in [4.69, 9.17) is 5.11 Å². The quantitative estimate of drug-likeness (QED) is 0.702. The Bertz CT molecular complexity index is 216. The first kappa shape index (κ1) is 9.00. The fourth-order valence-electron chi connectivity index (χ4n) is 1.01. The third-order valence-corrected chi connectivity index (χ3v) is 1.53. The SMILES string of the molecule is CCNc1cccc(CCO)n1. The van der Waals surface area contributed by atoms with E-state index >= 15 is 0 Å². The number of hydrogen-bond donors (Lipinski definition) is 2. The van der Waals surface area contributed by atoms with Gasteiger partial charge in [0, 0.05) is 25.3 Å². The molecule has 1 heterocycles. The Morgan fingerprint density at radius 1 is 1.50 bits per heavy atom. The highest BCUT2D eigenvalue weighted by molar-refractivity contribution is 5.34. The van der Waals surface area contributed by atoms with Crippen molar-refractivity contribution in [1.82, 2.24) is 4.98 Å². The topological polar surface area (TPSA) is 45.1 Å². The van der Waals surface area contributed by atoms with Crippen LogP contribution in [0.4, 0.5) is 5.82 Å². The van der Waals surface area contributed by atoms with E-state index in [1.165, 1.54) is 0 Å². The summed E-state index contributed by atoms with van der Waals surface area (Å²) < 4.78 is 0. The van der Waals surface area contributed by atoms with Crippen molar-refractivity contribution in [1.29, 1.82) is 0 Å². The van der Waals surface area contributed by atoms with Crippen LogP contribution in [0.15, 0.2) is 18.2 Å². The molecule has 2 N–H and O–H groups in total. The molecule has 1 rings (SSSR count). The van der Waals surface area contributed by atoms with Crippen LogP contribution >= 0.6 is 0 Å². The molecule has 1 aromatic heterocycles. The molecular formula is C9H14N2O. The zero-order valence-electron chi connectivity index (χ0n) is 7.25. The number of nitrogens with zero attached hydrogens (tertiary/aromatic N) is 1. The molecule has 0 atom stereocenters. The van der Waals surface area contributed by atoms with Crippen molar-refractivity contribution in [3.05, 3.63) is 23.9 Å². The Balaban J connectivity index is 2.67. The summed E-state index contributed by atoms with van der Waals surface area (Å²) in [5.74, 6) is 0.878. The van der Waals surface area contributed by atoms with Gasteiger partial charge in [0.2, 0.25) is 0 Å². The average Bonchev–Trinajstić information content (AvgIpc) is 2.06. The normalized spacial score (nSPS) is 9.83. The third-order valence-electron chi connectivity index (χ3n) is 1.53. The van der Waals surface area contributed by atoms with E-state index < -0.39 is 0 Å². The smallest absolute Gasteiger partial charge is 0.126 e. The first-order valence-electron chi connectivity index (χ1n) is 4.17. The lowest BCUT2D eigenvalue weighted by molar-refractivity contribution is 0.298. The van der Waals surface area contributed by atoms with Crippen molar-refractivity contribution < 1.29 is 5.11 Å². The molecule has 3 nitrogen and oxygen atoms in total. The second-order valence-electron chi connectivity index (χ2n) is 2.52. The van der Waals surface area contributed by atoms with Gasteiger partial charge in [-0.1, -0.05) is 6.07 Å². The Morgan fingerprint density at radius 2 is 2.33 bits per heavy atom. The maximum atomic E-state index is 8.68. The number of aromatic nitrogens is 1. The van der Waals surface area contributed by atoms with Crippen LogP contribution in [0.5, 0.6) is 0 Å². The van der Waals surface area contributed by atoms with Crippen LogP contribution < -0.4 is 5.32 Å². The van der Waals surface area contributed by atoms with Gasteiger partial charge >= 0.3 is 0 Å². The predicted octanol–water partition coefficient (Wildman–Crippen LogP) is 1.05. The van der Waals surface area contributed by atoms with E-state index in [1.54, 1.807) is 0 Å². The van der Waals surface area contributed by atoms with Crippen LogP contribution in [0.2, 0.25) is 0 Å². The molecule has 0 aromatic carbocycles. The van der Waals surface area contributed by atoms with Gasteiger partial charge in [-0.3, -0.25) is 0 Å². The molecule has 0 aliphatic heterocycles. The van der Waals surface area contributed by atoms with Gasteiger partial charge in [-0.2, -0.15) is 0 Å². The zero-order chi connectivity index (χ0) is 8.81. The lowest BCUT2D eigenvalue weighted by Gasteiger charge is -2.03. The number of rotatable bonds is 4. The van der Waals surface area contributed by atoms with Crippen molar-refractivity contribution in [2.45, 2.75) is 13.3 Å². The number of anilines is 1. The van der Waals surface area contributed by atoms with Crippen LogP contribution in [0, 0.1) is 0 Å². The van der Waals surface area contributed by atoms with E-state index in [1.807, 2.05) is 25.1 Å². The maximum absolute atomic E-state index is 8.68. The van der Waals surface area contributed by atoms with Gasteiger partial charge in [-0.05, 0) is 19.1 Å². The van der Waals surface area contributed by atoms with Crippen molar-refractivity contribution in [3.8, 4) is 0 Å². The van der Waals surface area contributed by atoms with Gasteiger partial charge in [0.15, 0.2) is 0 Å². The minimum Gasteiger partial charge on any atom is -0.396 e. The van der Waals surface area contributed by atoms with E-state index in [9.17, 15) is 0 Å². The molecule has 0 aliphatic rings. The van der Waals surface area contributed by atoms with Crippen LogP contribution in [-0.4, -0.2) is 23.2 Å². The highest BCUT2D eigenvalue weighted by Crippen LogP contribution is 2.04. The summed E-state index contributed by atoms with van der Waals surface area (Å²) in [6, 6.07) is 5.78. The largest absolute Gasteiger partial charge is 0.396 e. The minimum absolute atomic E-state index is 0.155. The predicted molar refractivity (Wildman–Crippen MR) is 49.2 cm³/mol. The van der Waals surface area contributed by atoms with E-state index in [0.717, 1.165) is 18.1 Å². The van der Waals surface area contributed by atoms with E-state index in [0.29, 0.717) is 6.42 Å². The average molecular weight is 166 g/mol. The molecule has 66 valence electrons. The second kappa shape index (κ2) is 4.72. The van der Waals surface area contributed by atoms with Crippen molar-refractivity contribution >= 4 is 5.82 Å². The molecule has 0 spiro atoms. The van der Waals surface area contributed by atoms with Gasteiger partial charge in [-0.25, -0.2) is 4.98 Å². The van der Waals surface area contributed by atoms with Crippen molar-refractivity contribution in [2.24, 2.45) is 0 Å². The first-order chi connectivity index (χ1) is 5.86. The Morgan fingerprint density at radius 3 is 3.00 bits per heavy atom. The van der Waals surface area contributed by atoms with Crippen molar-refractivity contribution in [2.75, 3.05) is 18.5 Å². The Labute approximate surface area is 72.5 Å². The number of hydrogen-bond acceptors (Lipinski definition) is 3. The molecule has 0 amide bonds. The van der Waals surface area contributed by atoms with Crippen LogP contribution in [0.3, 0.4) is 0 Å². The van der Waals surface area contributed by atoms with Crippen LogP contribution in [0.1, 0.15) is 12.6 Å². The number of nitrogens with one attached hydrogen (secondary N) is 1. The summed E-state index contributed by atoms with van der Waals surface area (Å²) in [5, 5.41) is 11.8. The molecule has 3 heteroatoms. The van der Waals surface area contributed by atoms with Gasteiger partial charge in [0.05, 0.1) is 0 Å². The monoisotopic (exact) mass is 166 g/mol. The first-order valence-corrected chi connectivity index (χ1v) is 4.17. The van der Waals surface area contributed by atoms with Gasteiger partial charge in [0.1, 0.15) is 5.82 Å². The molecule has 1 aromatic rings. The third kappa shape index (κ3) is 2.51. The fraction of sp³-hybridized carbons (Fsp3) is 0.444. The van der Waals surface area contributed by atoms with Gasteiger partial charge < -0.3 is 10.4 Å².